The Balaban J connectivity index is 3.26. The molecule has 0 bridgehead atoms. The maximum atomic E-state index is 9.78. The first-order chi connectivity index (χ1) is 9.31. The van der Waals surface area contributed by atoms with Crippen LogP contribution in [0.5, 0.6) is 0 Å². The molecule has 0 aromatic heterocycles. The van der Waals surface area contributed by atoms with Crippen LogP contribution in [0.25, 0.3) is 0 Å². The average Bonchev–Trinajstić information content (AvgIpc) is 2.41. The highest BCUT2D eigenvalue weighted by Gasteiger charge is 1.98. The van der Waals surface area contributed by atoms with E-state index in [4.69, 9.17) is 6.42 Å². The Kier molecular flexibility index (Phi) is 14.7. The molecule has 110 valence electrons. The third-order valence-electron chi connectivity index (χ3n) is 3.40. The van der Waals surface area contributed by atoms with E-state index >= 15 is 0 Å². The van der Waals surface area contributed by atoms with Crippen LogP contribution >= 0.6 is 0 Å². The predicted molar refractivity (Wildman–Crippen MR) is 85.1 cm³/mol. The highest BCUT2D eigenvalue weighted by molar-refractivity contribution is 4.88. The van der Waals surface area contributed by atoms with Crippen molar-refractivity contribution < 1.29 is 5.11 Å². The maximum absolute atomic E-state index is 9.78. The van der Waals surface area contributed by atoms with Crippen molar-refractivity contribution in [3.05, 3.63) is 12.2 Å². The largest absolute Gasteiger partial charge is 0.389 e. The van der Waals surface area contributed by atoms with Crippen molar-refractivity contribution in [3.63, 3.8) is 0 Å². The summed E-state index contributed by atoms with van der Waals surface area (Å²) in [6, 6.07) is 0. The van der Waals surface area contributed by atoms with Crippen molar-refractivity contribution in [3.8, 4) is 12.3 Å². The van der Waals surface area contributed by atoms with Gasteiger partial charge in [-0.15, -0.1) is 12.3 Å². The molecule has 1 nitrogen and oxygen atoms in total. The first-order valence-corrected chi connectivity index (χ1v) is 8.09. The fourth-order valence-corrected chi connectivity index (χ4v) is 2.15. The summed E-state index contributed by atoms with van der Waals surface area (Å²) in [5.41, 5.74) is 0. The molecule has 1 atom stereocenters. The van der Waals surface area contributed by atoms with Crippen molar-refractivity contribution in [2.45, 2.75) is 90.1 Å². The monoisotopic (exact) mass is 264 g/mol. The zero-order chi connectivity index (χ0) is 14.2. The molecule has 0 saturated heterocycles. The molecule has 1 heteroatoms. The van der Waals surface area contributed by atoms with Crippen molar-refractivity contribution >= 4 is 0 Å². The number of aliphatic hydroxyl groups is 1. The molecule has 0 aliphatic carbocycles. The molecular formula is C18H32O. The van der Waals surface area contributed by atoms with Crippen LogP contribution in [0.3, 0.4) is 0 Å². The molecule has 1 unspecified atom stereocenters. The van der Waals surface area contributed by atoms with Gasteiger partial charge in [0, 0.05) is 6.42 Å². The van der Waals surface area contributed by atoms with Crippen molar-refractivity contribution in [1.82, 2.24) is 0 Å². The maximum Gasteiger partial charge on any atom is 0.0720 e. The van der Waals surface area contributed by atoms with Gasteiger partial charge in [-0.05, 0) is 25.7 Å². The van der Waals surface area contributed by atoms with Crippen LogP contribution in [0.2, 0.25) is 0 Å². The summed E-state index contributed by atoms with van der Waals surface area (Å²) in [7, 11) is 0. The quantitative estimate of drug-likeness (QED) is 0.274. The summed E-state index contributed by atoms with van der Waals surface area (Å²) >= 11 is 0. The van der Waals surface area contributed by atoms with Gasteiger partial charge in [-0.25, -0.2) is 0 Å². The van der Waals surface area contributed by atoms with E-state index in [-0.39, 0.29) is 6.10 Å². The Morgan fingerprint density at radius 2 is 1.68 bits per heavy atom. The molecule has 0 aromatic carbocycles. The van der Waals surface area contributed by atoms with Crippen LogP contribution in [-0.4, -0.2) is 11.2 Å². The van der Waals surface area contributed by atoms with Gasteiger partial charge in [-0.2, -0.15) is 0 Å². The van der Waals surface area contributed by atoms with E-state index in [1.54, 1.807) is 0 Å². The van der Waals surface area contributed by atoms with Gasteiger partial charge in [0.15, 0.2) is 0 Å². The second-order valence-electron chi connectivity index (χ2n) is 5.36. The molecule has 0 amide bonds. The Morgan fingerprint density at radius 3 is 2.42 bits per heavy atom. The summed E-state index contributed by atoms with van der Waals surface area (Å²) in [5.74, 6) is 2.67. The number of rotatable bonds is 13. The summed E-state index contributed by atoms with van der Waals surface area (Å²) < 4.78 is 0. The first-order valence-electron chi connectivity index (χ1n) is 8.09. The third-order valence-corrected chi connectivity index (χ3v) is 3.40. The normalized spacial score (nSPS) is 12.7. The fraction of sp³-hybridized carbons (Fsp3) is 0.778. The van der Waals surface area contributed by atoms with Crippen LogP contribution < -0.4 is 0 Å². The second kappa shape index (κ2) is 15.3. The molecule has 0 aliphatic heterocycles. The van der Waals surface area contributed by atoms with Gasteiger partial charge < -0.3 is 5.11 Å². The highest BCUT2D eigenvalue weighted by Crippen LogP contribution is 2.10. The van der Waals surface area contributed by atoms with E-state index in [9.17, 15) is 5.11 Å². The van der Waals surface area contributed by atoms with Crippen LogP contribution in [0.15, 0.2) is 12.2 Å². The molecule has 0 heterocycles. The van der Waals surface area contributed by atoms with E-state index < -0.39 is 0 Å². The van der Waals surface area contributed by atoms with E-state index in [0.29, 0.717) is 0 Å². The first kappa shape index (κ1) is 18.3. The van der Waals surface area contributed by atoms with Gasteiger partial charge >= 0.3 is 0 Å². The van der Waals surface area contributed by atoms with E-state index in [1.165, 1.54) is 44.9 Å². The fourth-order valence-electron chi connectivity index (χ4n) is 2.15. The molecule has 0 radical (unpaired) electrons. The Hall–Kier alpha value is -0.740. The summed E-state index contributed by atoms with van der Waals surface area (Å²) in [4.78, 5) is 0. The van der Waals surface area contributed by atoms with Crippen molar-refractivity contribution in [1.29, 1.82) is 0 Å². The van der Waals surface area contributed by atoms with Crippen LogP contribution in [-0.2, 0) is 0 Å². The Bertz CT molecular complexity index is 237. The zero-order valence-electron chi connectivity index (χ0n) is 12.7. The highest BCUT2D eigenvalue weighted by atomic mass is 16.3. The Labute approximate surface area is 120 Å². The lowest BCUT2D eigenvalue weighted by Gasteiger charge is -2.05. The lowest BCUT2D eigenvalue weighted by atomic mass is 10.1. The molecule has 19 heavy (non-hydrogen) atoms. The van der Waals surface area contributed by atoms with E-state index in [2.05, 4.69) is 18.9 Å². The number of hydrogen-bond donors (Lipinski definition) is 1. The molecule has 0 spiro atoms. The van der Waals surface area contributed by atoms with Gasteiger partial charge in [0.1, 0.15) is 0 Å². The minimum absolute atomic E-state index is 0.239. The molecule has 0 fully saturated rings. The summed E-state index contributed by atoms with van der Waals surface area (Å²) in [6.45, 7) is 2.23. The minimum Gasteiger partial charge on any atom is -0.389 e. The van der Waals surface area contributed by atoms with Crippen molar-refractivity contribution in [2.75, 3.05) is 0 Å². The average molecular weight is 264 g/mol. The van der Waals surface area contributed by atoms with E-state index in [1.807, 2.05) is 6.08 Å². The molecular weight excluding hydrogens is 232 g/mol. The molecule has 0 aliphatic rings. The standard InChI is InChI=1S/C18H32O/c1-3-5-7-9-11-13-15-17-18(19)16-14-12-10-8-6-4-2/h1,14,16,18-19H,4-13,15,17H2,2H3. The van der Waals surface area contributed by atoms with Gasteiger partial charge in [-0.3, -0.25) is 0 Å². The summed E-state index contributed by atoms with van der Waals surface area (Å²) in [6.07, 6.45) is 23.2. The van der Waals surface area contributed by atoms with Crippen LogP contribution in [0.1, 0.15) is 84.0 Å². The predicted octanol–water partition coefficient (Wildman–Crippen LogP) is 5.24. The molecule has 0 rings (SSSR count). The van der Waals surface area contributed by atoms with Crippen LogP contribution in [0.4, 0.5) is 0 Å². The SMILES string of the molecule is C#CCCCCCCCC(O)C=CCCCCCC. The van der Waals surface area contributed by atoms with Gasteiger partial charge in [-0.1, -0.05) is 64.0 Å². The molecule has 1 N–H and O–H groups in total. The number of allylic oxidation sites excluding steroid dienone is 1. The van der Waals surface area contributed by atoms with Gasteiger partial charge in [0.25, 0.3) is 0 Å². The van der Waals surface area contributed by atoms with Gasteiger partial charge in [0.2, 0.25) is 0 Å². The molecule has 0 aromatic rings. The van der Waals surface area contributed by atoms with Crippen LogP contribution in [0, 0.1) is 12.3 Å². The topological polar surface area (TPSA) is 20.2 Å². The molecule has 0 saturated carbocycles. The number of hydrogen-bond acceptors (Lipinski definition) is 1. The zero-order valence-corrected chi connectivity index (χ0v) is 12.7. The van der Waals surface area contributed by atoms with Crippen molar-refractivity contribution in [2.24, 2.45) is 0 Å². The van der Waals surface area contributed by atoms with Gasteiger partial charge in [0.05, 0.1) is 6.10 Å². The van der Waals surface area contributed by atoms with E-state index in [0.717, 1.165) is 32.1 Å². The third kappa shape index (κ3) is 15.2. The lowest BCUT2D eigenvalue weighted by molar-refractivity contribution is 0.207. The number of aliphatic hydroxyl groups excluding tert-OH is 1. The summed E-state index contributed by atoms with van der Waals surface area (Å²) in [5, 5.41) is 9.78. The second-order valence-corrected chi connectivity index (χ2v) is 5.36. The Morgan fingerprint density at radius 1 is 1.00 bits per heavy atom. The minimum atomic E-state index is -0.239. The smallest absolute Gasteiger partial charge is 0.0720 e. The number of terminal acetylenes is 1. The number of unbranched alkanes of at least 4 members (excludes halogenated alkanes) is 9. The lowest BCUT2D eigenvalue weighted by Crippen LogP contribution is -2.01.